The summed E-state index contributed by atoms with van der Waals surface area (Å²) >= 11 is 0. The van der Waals surface area contributed by atoms with E-state index in [0.717, 1.165) is 12.0 Å². The third kappa shape index (κ3) is 6.99. The third-order valence-corrected chi connectivity index (χ3v) is 5.50. The van der Waals surface area contributed by atoms with E-state index in [4.69, 9.17) is 4.74 Å². The van der Waals surface area contributed by atoms with E-state index in [1.165, 1.54) is 50.2 Å². The number of ketones is 1. The number of phenols is 1. The first-order chi connectivity index (χ1) is 15.2. The van der Waals surface area contributed by atoms with Crippen LogP contribution in [0.3, 0.4) is 0 Å². The molecule has 0 bridgehead atoms. The molecule has 3 nitrogen and oxygen atoms in total. The summed E-state index contributed by atoms with van der Waals surface area (Å²) in [5.74, 6) is 0.289. The largest absolute Gasteiger partial charge is 0.507 e. The predicted molar refractivity (Wildman–Crippen MR) is 126 cm³/mol. The average molecular weight is 417 g/mol. The molecule has 0 aliphatic carbocycles. The molecular weight excluding hydrogens is 384 g/mol. The van der Waals surface area contributed by atoms with Gasteiger partial charge in [0.05, 0.1) is 5.56 Å². The Kier molecular flexibility index (Phi) is 8.71. The van der Waals surface area contributed by atoms with Crippen molar-refractivity contribution in [3.05, 3.63) is 95.1 Å². The van der Waals surface area contributed by atoms with Crippen LogP contribution in [-0.2, 0) is 13.0 Å². The lowest BCUT2D eigenvalue weighted by atomic mass is 9.99. The highest BCUT2D eigenvalue weighted by atomic mass is 16.5. The van der Waals surface area contributed by atoms with Crippen molar-refractivity contribution in [1.82, 2.24) is 0 Å². The number of carbonyl (C=O) groups excluding carboxylic acids is 1. The number of phenolic OH excluding ortho intramolecular Hbond substituents is 1. The minimum atomic E-state index is -0.182. The van der Waals surface area contributed by atoms with E-state index < -0.39 is 0 Å². The topological polar surface area (TPSA) is 46.5 Å². The molecule has 0 unspecified atom stereocenters. The van der Waals surface area contributed by atoms with Gasteiger partial charge in [-0.1, -0.05) is 93.6 Å². The molecule has 1 N–H and O–H groups in total. The molecule has 0 spiro atoms. The van der Waals surface area contributed by atoms with E-state index in [2.05, 4.69) is 6.92 Å². The monoisotopic (exact) mass is 416 g/mol. The molecule has 0 aliphatic rings. The van der Waals surface area contributed by atoms with Gasteiger partial charge in [0.25, 0.3) is 0 Å². The summed E-state index contributed by atoms with van der Waals surface area (Å²) in [7, 11) is 0. The lowest BCUT2D eigenvalue weighted by Gasteiger charge is -2.09. The summed E-state index contributed by atoms with van der Waals surface area (Å²) in [6.45, 7) is 2.64. The Hall–Kier alpha value is -3.07. The van der Waals surface area contributed by atoms with Gasteiger partial charge in [0.1, 0.15) is 18.1 Å². The minimum absolute atomic E-state index is 0.0632. The Bertz CT molecular complexity index is 946. The molecule has 3 aromatic rings. The van der Waals surface area contributed by atoms with Crippen molar-refractivity contribution in [2.45, 2.75) is 58.5 Å². The van der Waals surface area contributed by atoms with E-state index >= 15 is 0 Å². The van der Waals surface area contributed by atoms with Crippen molar-refractivity contribution in [2.24, 2.45) is 0 Å². The summed E-state index contributed by atoms with van der Waals surface area (Å²) < 4.78 is 5.73. The molecule has 0 saturated heterocycles. The van der Waals surface area contributed by atoms with Gasteiger partial charge in [-0.3, -0.25) is 4.79 Å². The molecule has 0 amide bonds. The van der Waals surface area contributed by atoms with E-state index in [-0.39, 0.29) is 17.1 Å². The van der Waals surface area contributed by atoms with Crippen molar-refractivity contribution in [3.8, 4) is 11.5 Å². The smallest absolute Gasteiger partial charge is 0.196 e. The molecular formula is C28H32O3. The maximum absolute atomic E-state index is 12.8. The molecule has 162 valence electrons. The van der Waals surface area contributed by atoms with Crippen LogP contribution >= 0.6 is 0 Å². The second-order valence-electron chi connectivity index (χ2n) is 8.00. The molecule has 3 aromatic carbocycles. The van der Waals surface area contributed by atoms with Crippen LogP contribution in [0.15, 0.2) is 72.8 Å². The summed E-state index contributed by atoms with van der Waals surface area (Å²) in [6.07, 6.45) is 8.70. The zero-order valence-corrected chi connectivity index (χ0v) is 18.3. The lowest BCUT2D eigenvalue weighted by Crippen LogP contribution is -2.03. The molecule has 3 heteroatoms. The van der Waals surface area contributed by atoms with Crippen LogP contribution in [-0.4, -0.2) is 10.9 Å². The average Bonchev–Trinajstić information content (AvgIpc) is 2.81. The van der Waals surface area contributed by atoms with Gasteiger partial charge in [0.15, 0.2) is 5.78 Å². The fourth-order valence-electron chi connectivity index (χ4n) is 3.62. The van der Waals surface area contributed by atoms with Gasteiger partial charge in [0, 0.05) is 11.6 Å². The highest BCUT2D eigenvalue weighted by molar-refractivity contribution is 6.10. The summed E-state index contributed by atoms with van der Waals surface area (Å²) in [4.78, 5) is 12.8. The highest BCUT2D eigenvalue weighted by Crippen LogP contribution is 2.26. The van der Waals surface area contributed by atoms with Crippen LogP contribution in [0.5, 0.6) is 11.5 Å². The SMILES string of the molecule is CCCCCCCCc1ccc(C(=O)c2ccc(OCc3ccccc3)cc2O)cc1. The summed E-state index contributed by atoms with van der Waals surface area (Å²) in [5.41, 5.74) is 3.17. The number of hydrogen-bond donors (Lipinski definition) is 1. The molecule has 0 atom stereocenters. The van der Waals surface area contributed by atoms with Gasteiger partial charge >= 0.3 is 0 Å². The van der Waals surface area contributed by atoms with Crippen LogP contribution in [0.1, 0.15) is 72.5 Å². The Balaban J connectivity index is 1.54. The van der Waals surface area contributed by atoms with Crippen LogP contribution in [0.2, 0.25) is 0 Å². The fourth-order valence-corrected chi connectivity index (χ4v) is 3.62. The molecule has 0 saturated carbocycles. The standard InChI is InChI=1S/C28H32O3/c1-2-3-4-5-6-8-11-22-14-16-24(17-15-22)28(30)26-19-18-25(20-27(26)29)31-21-23-12-9-7-10-13-23/h7,9-10,12-20,29H,2-6,8,11,21H2,1H3. The van der Waals surface area contributed by atoms with E-state index in [1.807, 2.05) is 54.6 Å². The zero-order chi connectivity index (χ0) is 21.9. The first-order valence-corrected chi connectivity index (χ1v) is 11.3. The summed E-state index contributed by atoms with van der Waals surface area (Å²) in [6, 6.07) is 22.4. The number of aromatic hydroxyl groups is 1. The van der Waals surface area contributed by atoms with E-state index in [9.17, 15) is 9.90 Å². The van der Waals surface area contributed by atoms with Crippen molar-refractivity contribution in [3.63, 3.8) is 0 Å². The molecule has 31 heavy (non-hydrogen) atoms. The molecule has 0 heterocycles. The Morgan fingerprint density at radius 2 is 1.52 bits per heavy atom. The zero-order valence-electron chi connectivity index (χ0n) is 18.3. The van der Waals surface area contributed by atoms with Crippen LogP contribution in [0, 0.1) is 0 Å². The Morgan fingerprint density at radius 3 is 2.23 bits per heavy atom. The number of carbonyl (C=O) groups is 1. The summed E-state index contributed by atoms with van der Waals surface area (Å²) in [5, 5.41) is 10.4. The maximum atomic E-state index is 12.8. The van der Waals surface area contributed by atoms with Crippen LogP contribution in [0.4, 0.5) is 0 Å². The van der Waals surface area contributed by atoms with E-state index in [0.29, 0.717) is 17.9 Å². The molecule has 0 radical (unpaired) electrons. The van der Waals surface area contributed by atoms with Crippen LogP contribution < -0.4 is 4.74 Å². The number of ether oxygens (including phenoxy) is 1. The molecule has 0 fully saturated rings. The predicted octanol–water partition coefficient (Wildman–Crippen LogP) is 7.11. The molecule has 0 aliphatic heterocycles. The van der Waals surface area contributed by atoms with Crippen molar-refractivity contribution < 1.29 is 14.6 Å². The number of hydrogen-bond acceptors (Lipinski definition) is 3. The lowest BCUT2D eigenvalue weighted by molar-refractivity contribution is 0.103. The third-order valence-electron chi connectivity index (χ3n) is 5.50. The van der Waals surface area contributed by atoms with Gasteiger partial charge in [-0.15, -0.1) is 0 Å². The number of benzene rings is 3. The van der Waals surface area contributed by atoms with Gasteiger partial charge in [-0.25, -0.2) is 0 Å². The maximum Gasteiger partial charge on any atom is 0.196 e. The first-order valence-electron chi connectivity index (χ1n) is 11.3. The Labute approximate surface area is 185 Å². The van der Waals surface area contributed by atoms with Gasteiger partial charge in [-0.05, 0) is 36.1 Å². The highest BCUT2D eigenvalue weighted by Gasteiger charge is 2.14. The van der Waals surface area contributed by atoms with Crippen LogP contribution in [0.25, 0.3) is 0 Å². The van der Waals surface area contributed by atoms with Crippen molar-refractivity contribution in [2.75, 3.05) is 0 Å². The second-order valence-corrected chi connectivity index (χ2v) is 8.00. The van der Waals surface area contributed by atoms with E-state index in [1.54, 1.807) is 12.1 Å². The number of rotatable bonds is 12. The molecule has 0 aromatic heterocycles. The van der Waals surface area contributed by atoms with Gasteiger partial charge < -0.3 is 9.84 Å². The quantitative estimate of drug-likeness (QED) is 0.253. The fraction of sp³-hybridized carbons (Fsp3) is 0.321. The van der Waals surface area contributed by atoms with Gasteiger partial charge in [0.2, 0.25) is 0 Å². The molecule has 3 rings (SSSR count). The van der Waals surface area contributed by atoms with Crippen molar-refractivity contribution in [1.29, 1.82) is 0 Å². The minimum Gasteiger partial charge on any atom is -0.507 e. The number of aryl methyl sites for hydroxylation is 1. The number of unbranched alkanes of at least 4 members (excludes halogenated alkanes) is 5. The van der Waals surface area contributed by atoms with Crippen molar-refractivity contribution >= 4 is 5.78 Å². The van der Waals surface area contributed by atoms with Gasteiger partial charge in [-0.2, -0.15) is 0 Å². The Morgan fingerprint density at radius 1 is 0.806 bits per heavy atom. The second kappa shape index (κ2) is 11.9. The first kappa shape index (κ1) is 22.6. The normalized spacial score (nSPS) is 10.7.